The second-order valence-corrected chi connectivity index (χ2v) is 6.19. The molecule has 1 aromatic carbocycles. The van der Waals surface area contributed by atoms with E-state index in [1.807, 2.05) is 38.7 Å². The van der Waals surface area contributed by atoms with E-state index in [1.165, 1.54) is 6.07 Å². The third-order valence-corrected chi connectivity index (χ3v) is 4.63. The van der Waals surface area contributed by atoms with E-state index in [9.17, 15) is 9.50 Å². The number of aryl methyl sites for hydroxylation is 2. The van der Waals surface area contributed by atoms with Gasteiger partial charge in [-0.05, 0) is 38.1 Å². The molecule has 0 amide bonds. The molecule has 100 valence electrons. The summed E-state index contributed by atoms with van der Waals surface area (Å²) in [5.74, 6) is 1.64. The molecule has 0 aromatic heterocycles. The Bertz CT molecular complexity index is 415. The fraction of sp³-hybridized carbons (Fsp3) is 0.571. The molecule has 0 bridgehead atoms. The van der Waals surface area contributed by atoms with Crippen LogP contribution in [0.5, 0.6) is 0 Å². The van der Waals surface area contributed by atoms with Crippen molar-refractivity contribution in [2.45, 2.75) is 26.0 Å². The quantitative estimate of drug-likeness (QED) is 0.892. The topological polar surface area (TPSA) is 23.5 Å². The van der Waals surface area contributed by atoms with E-state index in [-0.39, 0.29) is 11.9 Å². The summed E-state index contributed by atoms with van der Waals surface area (Å²) in [6.45, 7) is 4.68. The molecular weight excluding hydrogens is 249 g/mol. The summed E-state index contributed by atoms with van der Waals surface area (Å²) >= 11 is 1.82. The fourth-order valence-electron chi connectivity index (χ4n) is 2.53. The maximum absolute atomic E-state index is 14.1. The Labute approximate surface area is 112 Å². The van der Waals surface area contributed by atoms with Crippen molar-refractivity contribution in [2.75, 3.05) is 25.1 Å². The molecule has 0 radical (unpaired) electrons. The van der Waals surface area contributed by atoms with E-state index in [0.717, 1.165) is 29.2 Å². The summed E-state index contributed by atoms with van der Waals surface area (Å²) in [5, 5.41) is 10.5. The number of hydrogen-bond donors (Lipinski definition) is 1. The molecule has 18 heavy (non-hydrogen) atoms. The minimum absolute atomic E-state index is 0.000318. The molecular formula is C14H20FNOS. The van der Waals surface area contributed by atoms with Crippen molar-refractivity contribution < 1.29 is 9.50 Å². The summed E-state index contributed by atoms with van der Waals surface area (Å²) in [5.41, 5.74) is 2.19. The molecule has 0 aliphatic carbocycles. The molecule has 1 N–H and O–H groups in total. The molecule has 1 aromatic rings. The van der Waals surface area contributed by atoms with Crippen molar-refractivity contribution in [3.8, 4) is 0 Å². The number of nitrogens with zero attached hydrogens (tertiary/aromatic N) is 1. The molecule has 2 rings (SSSR count). The third-order valence-electron chi connectivity index (χ3n) is 3.58. The molecule has 2 atom stereocenters. The predicted molar refractivity (Wildman–Crippen MR) is 74.6 cm³/mol. The largest absolute Gasteiger partial charge is 0.387 e. The van der Waals surface area contributed by atoms with Gasteiger partial charge in [0.05, 0.1) is 6.10 Å². The fourth-order valence-corrected chi connectivity index (χ4v) is 3.79. The average molecular weight is 269 g/mol. The van der Waals surface area contributed by atoms with E-state index in [2.05, 4.69) is 4.90 Å². The first-order chi connectivity index (χ1) is 8.50. The Morgan fingerprint density at radius 1 is 1.44 bits per heavy atom. The van der Waals surface area contributed by atoms with Gasteiger partial charge in [-0.15, -0.1) is 0 Å². The minimum Gasteiger partial charge on any atom is -0.387 e. The van der Waals surface area contributed by atoms with Crippen molar-refractivity contribution in [3.63, 3.8) is 0 Å². The first-order valence-corrected chi connectivity index (χ1v) is 7.39. The Balaban J connectivity index is 2.30. The first kappa shape index (κ1) is 13.8. The first-order valence-electron chi connectivity index (χ1n) is 6.23. The van der Waals surface area contributed by atoms with Gasteiger partial charge < -0.3 is 5.11 Å². The number of benzene rings is 1. The second-order valence-electron chi connectivity index (χ2n) is 5.05. The van der Waals surface area contributed by atoms with Crippen molar-refractivity contribution in [1.29, 1.82) is 0 Å². The Morgan fingerprint density at radius 3 is 2.78 bits per heavy atom. The van der Waals surface area contributed by atoms with Gasteiger partial charge in [0.2, 0.25) is 0 Å². The van der Waals surface area contributed by atoms with Gasteiger partial charge in [-0.25, -0.2) is 4.39 Å². The second kappa shape index (κ2) is 5.59. The lowest BCUT2D eigenvalue weighted by Gasteiger charge is -2.36. The number of aliphatic hydroxyl groups excluding tert-OH is 1. The molecule has 4 heteroatoms. The summed E-state index contributed by atoms with van der Waals surface area (Å²) in [6.07, 6.45) is -0.747. The van der Waals surface area contributed by atoms with Crippen LogP contribution in [0.15, 0.2) is 12.1 Å². The zero-order valence-corrected chi connectivity index (χ0v) is 11.9. The maximum atomic E-state index is 14.1. The van der Waals surface area contributed by atoms with Crippen LogP contribution in [-0.4, -0.2) is 41.1 Å². The molecule has 1 aliphatic heterocycles. The maximum Gasteiger partial charge on any atom is 0.129 e. The van der Waals surface area contributed by atoms with Crippen LogP contribution in [0.4, 0.5) is 4.39 Å². The molecule has 1 aliphatic rings. The van der Waals surface area contributed by atoms with Gasteiger partial charge >= 0.3 is 0 Å². The number of rotatable bonds is 2. The van der Waals surface area contributed by atoms with Crippen molar-refractivity contribution in [2.24, 2.45) is 0 Å². The molecule has 1 fully saturated rings. The summed E-state index contributed by atoms with van der Waals surface area (Å²) in [6, 6.07) is 3.43. The van der Waals surface area contributed by atoms with Gasteiger partial charge in [-0.2, -0.15) is 11.8 Å². The Kier molecular flexibility index (Phi) is 4.30. The lowest BCUT2D eigenvalue weighted by atomic mass is 9.95. The Hall–Kier alpha value is -0.580. The highest BCUT2D eigenvalue weighted by Gasteiger charge is 2.30. The van der Waals surface area contributed by atoms with E-state index < -0.39 is 6.10 Å². The van der Waals surface area contributed by atoms with Crippen LogP contribution >= 0.6 is 11.8 Å². The third kappa shape index (κ3) is 2.71. The smallest absolute Gasteiger partial charge is 0.129 e. The summed E-state index contributed by atoms with van der Waals surface area (Å²) in [7, 11) is 2.00. The van der Waals surface area contributed by atoms with Crippen LogP contribution < -0.4 is 0 Å². The molecule has 0 spiro atoms. The molecule has 1 saturated heterocycles. The van der Waals surface area contributed by atoms with Crippen LogP contribution in [-0.2, 0) is 0 Å². The summed E-state index contributed by atoms with van der Waals surface area (Å²) < 4.78 is 14.1. The summed E-state index contributed by atoms with van der Waals surface area (Å²) in [4.78, 5) is 2.12. The zero-order valence-electron chi connectivity index (χ0n) is 11.1. The number of hydrogen-bond acceptors (Lipinski definition) is 3. The highest BCUT2D eigenvalue weighted by atomic mass is 32.2. The van der Waals surface area contributed by atoms with Gasteiger partial charge in [-0.3, -0.25) is 4.90 Å². The Morgan fingerprint density at radius 2 is 2.17 bits per heavy atom. The van der Waals surface area contributed by atoms with Crippen LogP contribution in [0.3, 0.4) is 0 Å². The molecule has 2 unspecified atom stereocenters. The van der Waals surface area contributed by atoms with Crippen LogP contribution in [0.1, 0.15) is 22.8 Å². The number of likely N-dealkylation sites (N-methyl/N-ethyl adjacent to an activating group) is 1. The van der Waals surface area contributed by atoms with Gasteiger partial charge in [0.25, 0.3) is 0 Å². The van der Waals surface area contributed by atoms with Gasteiger partial charge in [0, 0.05) is 29.7 Å². The zero-order chi connectivity index (χ0) is 13.3. The predicted octanol–water partition coefficient (Wildman–Crippen LogP) is 2.52. The van der Waals surface area contributed by atoms with E-state index >= 15 is 0 Å². The van der Waals surface area contributed by atoms with E-state index in [1.54, 1.807) is 0 Å². The van der Waals surface area contributed by atoms with Crippen LogP contribution in [0.2, 0.25) is 0 Å². The molecule has 2 nitrogen and oxygen atoms in total. The molecule has 1 heterocycles. The number of aliphatic hydroxyl groups is 1. The minimum atomic E-state index is -0.747. The van der Waals surface area contributed by atoms with Gasteiger partial charge in [0.15, 0.2) is 0 Å². The normalized spacial score (nSPS) is 23.1. The SMILES string of the molecule is Cc1cc(C)c(C(O)C2CSCCN2C)c(F)c1. The standard InChI is InChI=1S/C14H20FNOS/c1-9-6-10(2)13(11(15)7-9)14(17)12-8-18-5-4-16(12)3/h6-7,12,14,17H,4-5,8H2,1-3H3. The van der Waals surface area contributed by atoms with Gasteiger partial charge in [0.1, 0.15) is 5.82 Å². The average Bonchev–Trinajstić information content (AvgIpc) is 2.27. The number of halogens is 1. The van der Waals surface area contributed by atoms with Crippen molar-refractivity contribution in [1.82, 2.24) is 4.90 Å². The van der Waals surface area contributed by atoms with Gasteiger partial charge in [-0.1, -0.05) is 6.07 Å². The molecule has 0 saturated carbocycles. The number of thioether (sulfide) groups is 1. The van der Waals surface area contributed by atoms with Crippen molar-refractivity contribution >= 4 is 11.8 Å². The van der Waals surface area contributed by atoms with E-state index in [4.69, 9.17) is 0 Å². The van der Waals surface area contributed by atoms with Crippen LogP contribution in [0, 0.1) is 19.7 Å². The lowest BCUT2D eigenvalue weighted by Crippen LogP contribution is -2.43. The van der Waals surface area contributed by atoms with Crippen LogP contribution in [0.25, 0.3) is 0 Å². The highest BCUT2D eigenvalue weighted by Crippen LogP contribution is 2.30. The lowest BCUT2D eigenvalue weighted by molar-refractivity contribution is 0.0726. The monoisotopic (exact) mass is 269 g/mol. The van der Waals surface area contributed by atoms with E-state index in [0.29, 0.717) is 5.56 Å². The van der Waals surface area contributed by atoms with Crippen molar-refractivity contribution in [3.05, 3.63) is 34.6 Å². The highest BCUT2D eigenvalue weighted by molar-refractivity contribution is 7.99.